The first-order valence-electron chi connectivity index (χ1n) is 5.11. The van der Waals surface area contributed by atoms with E-state index in [0.717, 1.165) is 0 Å². The van der Waals surface area contributed by atoms with E-state index in [-0.39, 0.29) is 36.2 Å². The van der Waals surface area contributed by atoms with E-state index in [1.54, 1.807) is 0 Å². The van der Waals surface area contributed by atoms with Gasteiger partial charge in [-0.3, -0.25) is 0 Å². The van der Waals surface area contributed by atoms with Crippen LogP contribution in [0.25, 0.3) is 0 Å². The van der Waals surface area contributed by atoms with Crippen LogP contribution in [0, 0.1) is 5.41 Å². The summed E-state index contributed by atoms with van der Waals surface area (Å²) in [5.74, 6) is -0.159. The molecule has 0 amide bonds. The van der Waals surface area contributed by atoms with Crippen LogP contribution in [0.5, 0.6) is 0 Å². The average Bonchev–Trinajstić information content (AvgIpc) is 2.26. The summed E-state index contributed by atoms with van der Waals surface area (Å²) in [6.45, 7) is 12.4. The van der Waals surface area contributed by atoms with E-state index in [1.165, 1.54) is 27.5 Å². The number of hydrogen-bond acceptors (Lipinski definition) is 2. The molecule has 17 heavy (non-hydrogen) atoms. The van der Waals surface area contributed by atoms with E-state index in [4.69, 9.17) is 3.32 Å². The zero-order valence-corrected chi connectivity index (χ0v) is 14.3. The Morgan fingerprint density at radius 2 is 1.59 bits per heavy atom. The molecule has 0 N–H and O–H groups in total. The summed E-state index contributed by atoms with van der Waals surface area (Å²) >= 11 is -0.756. The summed E-state index contributed by atoms with van der Waals surface area (Å²) in [4.78, 5) is 10.9. The molecular weight excluding hydrogens is 295 g/mol. The Hall–Kier alpha value is 0.244. The molecule has 98 valence electrons. The first-order valence-corrected chi connectivity index (χ1v) is 6.53. The predicted molar refractivity (Wildman–Crippen MR) is 71.1 cm³/mol. The van der Waals surface area contributed by atoms with Crippen LogP contribution in [0.15, 0.2) is 20.6 Å². The standard InChI is InChI=1S/C10H15.C2H4O2.2ClH.Ti/c1-7-6-10(4,5)9(3)8(7)2;1-2(3)4;;;/h1-5H3;1H3,(H,3,4);2*1H;/q;;;;+1/p-1. The van der Waals surface area contributed by atoms with Crippen molar-refractivity contribution in [2.24, 2.45) is 5.41 Å². The molecular formula is C12H20Cl2O2Ti. The SMILES string of the molecule is CC(=O)[O][Ti][C]1=C(C)C(C)=C(C)C1(C)C.Cl.Cl. The van der Waals surface area contributed by atoms with E-state index < -0.39 is 19.5 Å². The van der Waals surface area contributed by atoms with Crippen LogP contribution < -0.4 is 0 Å². The third-order valence-corrected chi connectivity index (χ3v) is 5.85. The average molecular weight is 315 g/mol. The Bertz CT molecular complexity index is 371. The van der Waals surface area contributed by atoms with Gasteiger partial charge in [0.1, 0.15) is 0 Å². The molecule has 0 bridgehead atoms. The number of halogens is 2. The fraction of sp³-hybridized carbons (Fsp3) is 0.583. The number of carbonyl (C=O) groups excluding carboxylic acids is 1. The summed E-state index contributed by atoms with van der Waals surface area (Å²) in [6.07, 6.45) is 0. The van der Waals surface area contributed by atoms with Crippen molar-refractivity contribution in [3.05, 3.63) is 20.6 Å². The van der Waals surface area contributed by atoms with Crippen LogP contribution in [0.2, 0.25) is 0 Å². The molecule has 0 spiro atoms. The van der Waals surface area contributed by atoms with Crippen LogP contribution in [0.3, 0.4) is 0 Å². The molecule has 1 aliphatic rings. The summed E-state index contributed by atoms with van der Waals surface area (Å²) in [5, 5.41) is 0. The maximum atomic E-state index is 10.9. The minimum absolute atomic E-state index is 0. The van der Waals surface area contributed by atoms with Gasteiger partial charge in [-0.1, -0.05) is 0 Å². The fourth-order valence-corrected chi connectivity index (χ4v) is 3.53. The minimum Gasteiger partial charge on any atom is -0.147 e. The third kappa shape index (κ3) is 3.85. The van der Waals surface area contributed by atoms with E-state index >= 15 is 0 Å². The Balaban J connectivity index is 0. The zero-order valence-electron chi connectivity index (χ0n) is 11.1. The molecule has 0 fully saturated rings. The van der Waals surface area contributed by atoms with Gasteiger partial charge >= 0.3 is 101 Å². The van der Waals surface area contributed by atoms with Crippen molar-refractivity contribution < 1.29 is 27.7 Å². The molecule has 2 nitrogen and oxygen atoms in total. The fourth-order valence-electron chi connectivity index (χ4n) is 1.92. The summed E-state index contributed by atoms with van der Waals surface area (Å²) in [6, 6.07) is 0. The predicted octanol–water partition coefficient (Wildman–Crippen LogP) is 4.04. The quantitative estimate of drug-likeness (QED) is 0.719. The van der Waals surface area contributed by atoms with Crippen molar-refractivity contribution >= 4 is 30.8 Å². The van der Waals surface area contributed by atoms with E-state index in [2.05, 4.69) is 34.6 Å². The Morgan fingerprint density at radius 1 is 1.12 bits per heavy atom. The van der Waals surface area contributed by atoms with Crippen LogP contribution in [0.1, 0.15) is 41.5 Å². The van der Waals surface area contributed by atoms with Crippen LogP contribution in [-0.4, -0.2) is 5.97 Å². The normalized spacial score (nSPS) is 17.3. The van der Waals surface area contributed by atoms with Crippen LogP contribution in [-0.2, 0) is 27.7 Å². The molecule has 1 rings (SSSR count). The monoisotopic (exact) mass is 314 g/mol. The maximum Gasteiger partial charge on any atom is -0.147 e. The molecule has 0 aromatic heterocycles. The largest absolute Gasteiger partial charge is 0.147 e. The molecule has 0 aromatic carbocycles. The number of allylic oxidation sites excluding steroid dienone is 4. The van der Waals surface area contributed by atoms with Gasteiger partial charge in [0.25, 0.3) is 0 Å². The van der Waals surface area contributed by atoms with Gasteiger partial charge in [-0.2, -0.15) is 0 Å². The van der Waals surface area contributed by atoms with Crippen molar-refractivity contribution in [2.45, 2.75) is 41.5 Å². The first-order chi connectivity index (χ1) is 6.78. The zero-order chi connectivity index (χ0) is 11.8. The van der Waals surface area contributed by atoms with Gasteiger partial charge in [-0.25, -0.2) is 0 Å². The van der Waals surface area contributed by atoms with Gasteiger partial charge in [0.15, 0.2) is 0 Å². The van der Waals surface area contributed by atoms with E-state index in [0.29, 0.717) is 0 Å². The van der Waals surface area contributed by atoms with Crippen LogP contribution >= 0.6 is 24.8 Å². The van der Waals surface area contributed by atoms with Gasteiger partial charge in [0.2, 0.25) is 0 Å². The van der Waals surface area contributed by atoms with Gasteiger partial charge in [0, 0.05) is 0 Å². The molecule has 1 aliphatic carbocycles. The first kappa shape index (κ1) is 19.6. The smallest absolute Gasteiger partial charge is 0.147 e. The maximum absolute atomic E-state index is 10.9. The number of hydrogen-bond donors (Lipinski definition) is 0. The summed E-state index contributed by atoms with van der Waals surface area (Å²) in [5.41, 5.74) is 4.19. The van der Waals surface area contributed by atoms with Crippen molar-refractivity contribution in [2.75, 3.05) is 0 Å². The second kappa shape index (κ2) is 6.99. The van der Waals surface area contributed by atoms with Gasteiger partial charge in [0.05, 0.1) is 0 Å². The molecule has 0 atom stereocenters. The van der Waals surface area contributed by atoms with E-state index in [1.807, 2.05) is 0 Å². The van der Waals surface area contributed by atoms with E-state index in [9.17, 15) is 4.79 Å². The summed E-state index contributed by atoms with van der Waals surface area (Å²) < 4.78 is 6.58. The Labute approximate surface area is 125 Å². The third-order valence-electron chi connectivity index (χ3n) is 3.36. The van der Waals surface area contributed by atoms with Crippen molar-refractivity contribution in [1.82, 2.24) is 0 Å². The Kier molecular flexibility index (Phi) is 8.05. The molecule has 5 heteroatoms. The van der Waals surface area contributed by atoms with Gasteiger partial charge in [-0.15, -0.1) is 24.8 Å². The number of carbonyl (C=O) groups is 1. The number of rotatable bonds is 2. The van der Waals surface area contributed by atoms with Gasteiger partial charge in [-0.05, 0) is 0 Å². The molecule has 0 aromatic rings. The minimum atomic E-state index is -0.756. The van der Waals surface area contributed by atoms with Crippen molar-refractivity contribution in [3.63, 3.8) is 0 Å². The van der Waals surface area contributed by atoms with Crippen LogP contribution in [0.4, 0.5) is 0 Å². The molecule has 0 heterocycles. The molecule has 0 radical (unpaired) electrons. The van der Waals surface area contributed by atoms with Crippen molar-refractivity contribution in [1.29, 1.82) is 0 Å². The molecule has 0 saturated heterocycles. The topological polar surface area (TPSA) is 26.3 Å². The molecule has 0 aliphatic heterocycles. The molecule has 0 unspecified atom stereocenters. The molecule has 0 saturated carbocycles. The Morgan fingerprint density at radius 3 is 1.88 bits per heavy atom. The second-order valence-corrected chi connectivity index (χ2v) is 5.99. The van der Waals surface area contributed by atoms with Crippen molar-refractivity contribution in [3.8, 4) is 0 Å². The summed E-state index contributed by atoms with van der Waals surface area (Å²) in [7, 11) is 0. The second-order valence-electron chi connectivity index (χ2n) is 4.57. The van der Waals surface area contributed by atoms with Gasteiger partial charge < -0.3 is 0 Å².